The smallest absolute Gasteiger partial charge is 0.0105 e. The summed E-state index contributed by atoms with van der Waals surface area (Å²) in [4.78, 5) is 1.39. The number of nitrogens with two attached hydrogens (primary N) is 1. The van der Waals surface area contributed by atoms with Crippen molar-refractivity contribution >= 4 is 11.8 Å². The zero-order valence-corrected chi connectivity index (χ0v) is 10.9. The van der Waals surface area contributed by atoms with E-state index in [1.807, 2.05) is 11.8 Å². The van der Waals surface area contributed by atoms with E-state index in [0.717, 1.165) is 12.2 Å². The van der Waals surface area contributed by atoms with Gasteiger partial charge in [0.15, 0.2) is 0 Å². The van der Waals surface area contributed by atoms with Crippen LogP contribution in [0.25, 0.3) is 0 Å². The molecular formula is C13H21NS. The van der Waals surface area contributed by atoms with Crippen LogP contribution >= 0.6 is 11.8 Å². The van der Waals surface area contributed by atoms with Gasteiger partial charge in [0.2, 0.25) is 0 Å². The lowest BCUT2D eigenvalue weighted by atomic mass is 10.0. The van der Waals surface area contributed by atoms with Crippen molar-refractivity contribution in [1.29, 1.82) is 0 Å². The molecule has 0 aliphatic carbocycles. The first-order chi connectivity index (χ1) is 6.88. The summed E-state index contributed by atoms with van der Waals surface area (Å²) >= 11 is 1.91. The largest absolute Gasteiger partial charge is 0.326 e. The first-order valence-corrected chi connectivity index (χ1v) is 6.36. The van der Waals surface area contributed by atoms with E-state index < -0.39 is 0 Å². The third-order valence-corrected chi connectivity index (χ3v) is 3.51. The fourth-order valence-electron chi connectivity index (χ4n) is 1.29. The summed E-state index contributed by atoms with van der Waals surface area (Å²) in [5.74, 6) is 1.09. The Morgan fingerprint density at radius 1 is 1.27 bits per heavy atom. The van der Waals surface area contributed by atoms with Gasteiger partial charge in [-0.05, 0) is 51.5 Å². The Labute approximate surface area is 97.4 Å². The molecular weight excluding hydrogens is 202 g/mol. The van der Waals surface area contributed by atoms with Gasteiger partial charge in [0.25, 0.3) is 0 Å². The van der Waals surface area contributed by atoms with Crippen LogP contribution in [0, 0.1) is 13.8 Å². The topological polar surface area (TPSA) is 26.0 Å². The Morgan fingerprint density at radius 2 is 1.93 bits per heavy atom. The van der Waals surface area contributed by atoms with Gasteiger partial charge < -0.3 is 5.73 Å². The molecule has 0 amide bonds. The lowest BCUT2D eigenvalue weighted by Gasteiger charge is -2.18. The summed E-state index contributed by atoms with van der Waals surface area (Å²) in [6, 6.07) is 6.60. The maximum Gasteiger partial charge on any atom is 0.0105 e. The van der Waals surface area contributed by atoms with Crippen molar-refractivity contribution in [1.82, 2.24) is 0 Å². The predicted molar refractivity (Wildman–Crippen MR) is 69.5 cm³/mol. The number of aryl methyl sites for hydroxylation is 2. The standard InChI is InChI=1S/C13H21NS/c1-10-5-6-11(2)12(9-10)15-8-7-13(3,4)14/h5-6,9H,7-8,14H2,1-4H3. The number of rotatable bonds is 4. The van der Waals surface area contributed by atoms with E-state index in [2.05, 4.69) is 45.9 Å². The highest BCUT2D eigenvalue weighted by Gasteiger charge is 2.10. The lowest BCUT2D eigenvalue weighted by Crippen LogP contribution is -2.32. The monoisotopic (exact) mass is 223 g/mol. The van der Waals surface area contributed by atoms with Crippen LogP contribution in [0.5, 0.6) is 0 Å². The molecule has 0 radical (unpaired) electrons. The van der Waals surface area contributed by atoms with Gasteiger partial charge in [0, 0.05) is 10.4 Å². The van der Waals surface area contributed by atoms with Gasteiger partial charge in [-0.2, -0.15) is 0 Å². The SMILES string of the molecule is Cc1ccc(C)c(SCCC(C)(C)N)c1. The summed E-state index contributed by atoms with van der Waals surface area (Å²) in [6.07, 6.45) is 1.05. The molecule has 84 valence electrons. The van der Waals surface area contributed by atoms with Crippen LogP contribution in [0.2, 0.25) is 0 Å². The molecule has 1 nitrogen and oxygen atoms in total. The molecule has 0 saturated heterocycles. The predicted octanol–water partition coefficient (Wildman–Crippen LogP) is 3.52. The van der Waals surface area contributed by atoms with Crippen LogP contribution in [0.15, 0.2) is 23.1 Å². The normalized spacial score (nSPS) is 11.8. The van der Waals surface area contributed by atoms with Gasteiger partial charge in [0.1, 0.15) is 0 Å². The Balaban J connectivity index is 2.54. The third kappa shape index (κ3) is 4.72. The van der Waals surface area contributed by atoms with Gasteiger partial charge in [0.05, 0.1) is 0 Å². The van der Waals surface area contributed by atoms with E-state index in [4.69, 9.17) is 5.73 Å². The molecule has 1 rings (SSSR count). The average Bonchev–Trinajstić information content (AvgIpc) is 2.09. The van der Waals surface area contributed by atoms with Gasteiger partial charge >= 0.3 is 0 Å². The van der Waals surface area contributed by atoms with Crippen molar-refractivity contribution in [3.05, 3.63) is 29.3 Å². The van der Waals surface area contributed by atoms with Gasteiger partial charge in [-0.25, -0.2) is 0 Å². The van der Waals surface area contributed by atoms with Crippen molar-refractivity contribution in [2.75, 3.05) is 5.75 Å². The van der Waals surface area contributed by atoms with Crippen LogP contribution in [-0.4, -0.2) is 11.3 Å². The number of thioether (sulfide) groups is 1. The average molecular weight is 223 g/mol. The van der Waals surface area contributed by atoms with Gasteiger partial charge in [-0.15, -0.1) is 11.8 Å². The summed E-state index contributed by atoms with van der Waals surface area (Å²) in [7, 11) is 0. The minimum absolute atomic E-state index is 0.0509. The highest BCUT2D eigenvalue weighted by molar-refractivity contribution is 7.99. The van der Waals surface area contributed by atoms with Crippen molar-refractivity contribution in [3.63, 3.8) is 0 Å². The first-order valence-electron chi connectivity index (χ1n) is 5.37. The molecule has 15 heavy (non-hydrogen) atoms. The molecule has 0 aliphatic rings. The van der Waals surface area contributed by atoms with E-state index in [-0.39, 0.29) is 5.54 Å². The van der Waals surface area contributed by atoms with E-state index >= 15 is 0 Å². The Hall–Kier alpha value is -0.470. The Morgan fingerprint density at radius 3 is 2.53 bits per heavy atom. The van der Waals surface area contributed by atoms with Crippen molar-refractivity contribution in [3.8, 4) is 0 Å². The summed E-state index contributed by atoms with van der Waals surface area (Å²) < 4.78 is 0. The molecule has 2 N–H and O–H groups in total. The zero-order valence-electron chi connectivity index (χ0n) is 10.1. The van der Waals surface area contributed by atoms with Crippen LogP contribution in [-0.2, 0) is 0 Å². The van der Waals surface area contributed by atoms with Gasteiger partial charge in [-0.1, -0.05) is 17.7 Å². The molecule has 1 aromatic rings. The second-order valence-corrected chi connectivity index (χ2v) is 5.99. The number of hydrogen-bond donors (Lipinski definition) is 1. The molecule has 0 spiro atoms. The highest BCUT2D eigenvalue weighted by Crippen LogP contribution is 2.25. The second kappa shape index (κ2) is 5.04. The molecule has 0 fully saturated rings. The molecule has 0 saturated carbocycles. The first kappa shape index (κ1) is 12.6. The molecule has 0 atom stereocenters. The van der Waals surface area contributed by atoms with Gasteiger partial charge in [-0.3, -0.25) is 0 Å². The fourth-order valence-corrected chi connectivity index (χ4v) is 2.70. The Kier molecular flexibility index (Phi) is 4.23. The van der Waals surface area contributed by atoms with Crippen molar-refractivity contribution < 1.29 is 0 Å². The summed E-state index contributed by atoms with van der Waals surface area (Å²) in [5.41, 5.74) is 8.59. The summed E-state index contributed by atoms with van der Waals surface area (Å²) in [6.45, 7) is 8.46. The van der Waals surface area contributed by atoms with E-state index in [1.165, 1.54) is 16.0 Å². The maximum atomic E-state index is 5.95. The maximum absolute atomic E-state index is 5.95. The molecule has 0 aromatic heterocycles. The zero-order chi connectivity index (χ0) is 11.5. The molecule has 0 bridgehead atoms. The number of benzene rings is 1. The van der Waals surface area contributed by atoms with E-state index in [9.17, 15) is 0 Å². The third-order valence-electron chi connectivity index (χ3n) is 2.35. The van der Waals surface area contributed by atoms with Crippen LogP contribution in [0.3, 0.4) is 0 Å². The molecule has 0 aliphatic heterocycles. The quantitative estimate of drug-likeness (QED) is 0.790. The van der Waals surface area contributed by atoms with E-state index in [0.29, 0.717) is 0 Å². The molecule has 2 heteroatoms. The lowest BCUT2D eigenvalue weighted by molar-refractivity contribution is 0.506. The fraction of sp³-hybridized carbons (Fsp3) is 0.538. The van der Waals surface area contributed by atoms with Crippen LogP contribution in [0.1, 0.15) is 31.4 Å². The Bertz CT molecular complexity index is 326. The van der Waals surface area contributed by atoms with Crippen LogP contribution < -0.4 is 5.73 Å². The molecule has 0 unspecified atom stereocenters. The minimum Gasteiger partial charge on any atom is -0.326 e. The summed E-state index contributed by atoms with van der Waals surface area (Å²) in [5, 5.41) is 0. The van der Waals surface area contributed by atoms with E-state index in [1.54, 1.807) is 0 Å². The van der Waals surface area contributed by atoms with Crippen molar-refractivity contribution in [2.45, 2.75) is 44.6 Å². The van der Waals surface area contributed by atoms with Crippen molar-refractivity contribution in [2.24, 2.45) is 5.73 Å². The molecule has 1 aromatic carbocycles. The second-order valence-electron chi connectivity index (χ2n) is 4.86. The van der Waals surface area contributed by atoms with Crippen LogP contribution in [0.4, 0.5) is 0 Å². The molecule has 0 heterocycles. The minimum atomic E-state index is -0.0509. The number of hydrogen-bond acceptors (Lipinski definition) is 2. The highest BCUT2D eigenvalue weighted by atomic mass is 32.2.